The largest absolute Gasteiger partial charge is 0.310 e. The van der Waals surface area contributed by atoms with Crippen LogP contribution in [0.4, 0.5) is 17.1 Å². The van der Waals surface area contributed by atoms with Crippen LogP contribution in [0.2, 0.25) is 0 Å². The lowest BCUT2D eigenvalue weighted by atomic mass is 9.84. The first-order valence-corrected chi connectivity index (χ1v) is 25.5. The van der Waals surface area contributed by atoms with E-state index < -0.39 is 0 Å². The minimum absolute atomic E-state index is 1.07. The maximum Gasteiger partial charge on any atom is 0.0541 e. The summed E-state index contributed by atoms with van der Waals surface area (Å²) in [4.78, 5) is 2.44. The molecule has 0 fully saturated rings. The van der Waals surface area contributed by atoms with Crippen LogP contribution in [0.3, 0.4) is 0 Å². The van der Waals surface area contributed by atoms with Gasteiger partial charge < -0.3 is 9.47 Å². The lowest BCUT2D eigenvalue weighted by Gasteiger charge is -2.28. The Hall–Kier alpha value is -9.76. The molecular formula is C72H48N2. The summed E-state index contributed by atoms with van der Waals surface area (Å²) in [6.07, 6.45) is 0. The molecule has 0 unspecified atom stereocenters. The van der Waals surface area contributed by atoms with Gasteiger partial charge in [0.25, 0.3) is 0 Å². The molecule has 0 amide bonds. The van der Waals surface area contributed by atoms with E-state index in [2.05, 4.69) is 301 Å². The van der Waals surface area contributed by atoms with Gasteiger partial charge in [-0.1, -0.05) is 218 Å². The maximum absolute atomic E-state index is 2.44. The summed E-state index contributed by atoms with van der Waals surface area (Å²) in [5.74, 6) is 0. The predicted molar refractivity (Wildman–Crippen MR) is 315 cm³/mol. The zero-order valence-corrected chi connectivity index (χ0v) is 40.6. The molecule has 1 heterocycles. The highest BCUT2D eigenvalue weighted by Gasteiger charge is 2.22. The molecule has 0 N–H and O–H groups in total. The second-order valence-corrected chi connectivity index (χ2v) is 19.2. The molecule has 0 spiro atoms. The number of benzene rings is 13. The van der Waals surface area contributed by atoms with Gasteiger partial charge >= 0.3 is 0 Å². The number of aromatic nitrogens is 1. The van der Waals surface area contributed by atoms with Crippen molar-refractivity contribution in [3.05, 3.63) is 291 Å². The summed E-state index contributed by atoms with van der Waals surface area (Å²) in [6.45, 7) is 0. The third-order valence-electron chi connectivity index (χ3n) is 14.9. The summed E-state index contributed by atoms with van der Waals surface area (Å²) in [6, 6.07) is 107. The fourth-order valence-corrected chi connectivity index (χ4v) is 11.5. The van der Waals surface area contributed by atoms with Crippen molar-refractivity contribution in [2.75, 3.05) is 4.90 Å². The normalized spacial score (nSPS) is 11.5. The van der Waals surface area contributed by atoms with Gasteiger partial charge in [0.05, 0.1) is 16.7 Å². The predicted octanol–water partition coefficient (Wildman–Crippen LogP) is 20.0. The Morgan fingerprint density at radius 3 is 1.55 bits per heavy atom. The molecule has 0 aliphatic heterocycles. The van der Waals surface area contributed by atoms with Gasteiger partial charge in [-0.15, -0.1) is 0 Å². The van der Waals surface area contributed by atoms with Crippen molar-refractivity contribution >= 4 is 71.2 Å². The lowest BCUT2D eigenvalue weighted by molar-refractivity contribution is 1.18. The zero-order chi connectivity index (χ0) is 49.0. The number of hydrogen-bond donors (Lipinski definition) is 0. The molecule has 1 aromatic heterocycles. The highest BCUT2D eigenvalue weighted by atomic mass is 15.1. The summed E-state index contributed by atoms with van der Waals surface area (Å²) >= 11 is 0. The van der Waals surface area contributed by atoms with Crippen LogP contribution in [0.25, 0.3) is 115 Å². The van der Waals surface area contributed by atoms with E-state index in [9.17, 15) is 0 Å². The van der Waals surface area contributed by atoms with Gasteiger partial charge in [0, 0.05) is 33.4 Å². The standard InChI is InChI=1S/C72H48N2/c1-4-20-51(21-5-1)71-65-32-13-12-30-62(65)63-43-39-56(47-67(63)72(71)52-22-6-2-7-23-52)50-37-41-59(42-38-50)73(60-28-18-25-54(46-60)55-36-35-49-19-10-11-24-53(49)45-55)68-33-16-14-29-61(68)57-40-44-70-66(48-57)64-31-15-17-34-69(64)74(70)58-26-8-3-9-27-58/h1-48H. The Labute approximate surface area is 430 Å². The third-order valence-corrected chi connectivity index (χ3v) is 14.9. The van der Waals surface area contributed by atoms with Gasteiger partial charge in [-0.3, -0.25) is 0 Å². The molecule has 0 atom stereocenters. The Kier molecular flexibility index (Phi) is 10.6. The van der Waals surface area contributed by atoms with Crippen LogP contribution >= 0.6 is 0 Å². The molecule has 2 nitrogen and oxygen atoms in total. The molecule has 0 radical (unpaired) electrons. The molecule has 0 bridgehead atoms. The number of rotatable bonds is 9. The molecule has 0 saturated carbocycles. The molecule has 74 heavy (non-hydrogen) atoms. The fourth-order valence-electron chi connectivity index (χ4n) is 11.5. The molecular weight excluding hydrogens is 893 g/mol. The molecule has 14 aromatic rings. The molecule has 0 aliphatic carbocycles. The number of hydrogen-bond acceptors (Lipinski definition) is 1. The summed E-state index contributed by atoms with van der Waals surface area (Å²) in [7, 11) is 0. The van der Waals surface area contributed by atoms with E-state index in [1.807, 2.05) is 0 Å². The van der Waals surface area contributed by atoms with Crippen LogP contribution < -0.4 is 4.90 Å². The number of anilines is 3. The Bertz CT molecular complexity index is 4400. The van der Waals surface area contributed by atoms with E-state index in [1.54, 1.807) is 0 Å². The molecule has 346 valence electrons. The topological polar surface area (TPSA) is 8.17 Å². The number of para-hydroxylation sites is 3. The second-order valence-electron chi connectivity index (χ2n) is 19.2. The monoisotopic (exact) mass is 940 g/mol. The first kappa shape index (κ1) is 43.1. The first-order valence-electron chi connectivity index (χ1n) is 25.5. The smallest absolute Gasteiger partial charge is 0.0541 e. The van der Waals surface area contributed by atoms with Crippen molar-refractivity contribution < 1.29 is 0 Å². The van der Waals surface area contributed by atoms with Gasteiger partial charge in [-0.05, 0) is 155 Å². The van der Waals surface area contributed by atoms with Gasteiger partial charge in [-0.25, -0.2) is 0 Å². The van der Waals surface area contributed by atoms with Crippen molar-refractivity contribution in [3.63, 3.8) is 0 Å². The maximum atomic E-state index is 2.44. The summed E-state index contributed by atoms with van der Waals surface area (Å²) < 4.78 is 2.38. The minimum atomic E-state index is 1.07. The van der Waals surface area contributed by atoms with Gasteiger partial charge in [-0.2, -0.15) is 0 Å². The van der Waals surface area contributed by atoms with E-state index in [4.69, 9.17) is 0 Å². The molecule has 0 aliphatic rings. The van der Waals surface area contributed by atoms with Crippen molar-refractivity contribution in [1.29, 1.82) is 0 Å². The van der Waals surface area contributed by atoms with Gasteiger partial charge in [0.1, 0.15) is 0 Å². The quantitative estimate of drug-likeness (QED) is 0.131. The van der Waals surface area contributed by atoms with Crippen molar-refractivity contribution in [2.24, 2.45) is 0 Å². The van der Waals surface area contributed by atoms with E-state index in [1.165, 1.54) is 87.5 Å². The van der Waals surface area contributed by atoms with E-state index in [0.717, 1.165) is 45.0 Å². The van der Waals surface area contributed by atoms with Crippen molar-refractivity contribution in [2.45, 2.75) is 0 Å². The van der Waals surface area contributed by atoms with E-state index in [-0.39, 0.29) is 0 Å². The van der Waals surface area contributed by atoms with Crippen LogP contribution in [0.1, 0.15) is 0 Å². The third kappa shape index (κ3) is 7.43. The minimum Gasteiger partial charge on any atom is -0.310 e. The van der Waals surface area contributed by atoms with Crippen LogP contribution in [-0.2, 0) is 0 Å². The van der Waals surface area contributed by atoms with Crippen LogP contribution in [0.15, 0.2) is 291 Å². The van der Waals surface area contributed by atoms with Gasteiger partial charge in [0.15, 0.2) is 0 Å². The number of nitrogens with zero attached hydrogens (tertiary/aromatic N) is 2. The summed E-state index contributed by atoms with van der Waals surface area (Å²) in [5, 5.41) is 9.91. The lowest BCUT2D eigenvalue weighted by Crippen LogP contribution is -2.11. The average molecular weight is 941 g/mol. The molecule has 13 aromatic carbocycles. The second kappa shape index (κ2) is 18.1. The SMILES string of the molecule is c1ccc(-c2c(-c3ccccc3)c3cc(-c4ccc(N(c5cccc(-c6ccc7ccccc7c6)c5)c5ccccc5-c5ccc6c(c5)c5ccccc5n6-c5ccccc5)cc4)ccc3c3ccccc23)cc1. The molecule has 0 saturated heterocycles. The fraction of sp³-hybridized carbons (Fsp3) is 0. The van der Waals surface area contributed by atoms with E-state index >= 15 is 0 Å². The number of fused-ring (bicyclic) bond motifs is 7. The molecule has 2 heteroatoms. The Morgan fingerprint density at radius 2 is 0.770 bits per heavy atom. The average Bonchev–Trinajstić information content (AvgIpc) is 3.84. The van der Waals surface area contributed by atoms with Crippen LogP contribution in [0.5, 0.6) is 0 Å². The zero-order valence-electron chi connectivity index (χ0n) is 40.6. The summed E-state index contributed by atoms with van der Waals surface area (Å²) in [5.41, 5.74) is 18.7. The first-order chi connectivity index (χ1) is 36.7. The Morgan fingerprint density at radius 1 is 0.243 bits per heavy atom. The highest BCUT2D eigenvalue weighted by molar-refractivity contribution is 6.22. The Balaban J connectivity index is 0.934. The van der Waals surface area contributed by atoms with E-state index in [0.29, 0.717) is 0 Å². The molecule has 14 rings (SSSR count). The van der Waals surface area contributed by atoms with Crippen molar-refractivity contribution in [3.8, 4) is 61.3 Å². The van der Waals surface area contributed by atoms with Crippen molar-refractivity contribution in [1.82, 2.24) is 4.57 Å². The highest BCUT2D eigenvalue weighted by Crippen LogP contribution is 2.47. The van der Waals surface area contributed by atoms with Crippen LogP contribution in [0, 0.1) is 0 Å². The van der Waals surface area contributed by atoms with Gasteiger partial charge in [0.2, 0.25) is 0 Å². The van der Waals surface area contributed by atoms with Crippen LogP contribution in [-0.4, -0.2) is 4.57 Å².